The summed E-state index contributed by atoms with van der Waals surface area (Å²) in [6.07, 6.45) is 0.289. The van der Waals surface area contributed by atoms with Crippen molar-refractivity contribution in [2.45, 2.75) is 33.2 Å². The molecule has 4 nitrogen and oxygen atoms in total. The van der Waals surface area contributed by atoms with Crippen LogP contribution in [-0.4, -0.2) is 22.3 Å². The maximum atomic E-state index is 12.9. The summed E-state index contributed by atoms with van der Waals surface area (Å²) in [5.41, 5.74) is 4.74. The van der Waals surface area contributed by atoms with Crippen LogP contribution in [0, 0.1) is 18.3 Å². The molecule has 0 radical (unpaired) electrons. The van der Waals surface area contributed by atoms with Crippen LogP contribution >= 0.6 is 11.3 Å². The van der Waals surface area contributed by atoms with Gasteiger partial charge in [0.1, 0.15) is 5.01 Å². The molecule has 0 fully saturated rings. The number of carbonyl (C=O) groups excluding carboxylic acids is 1. The number of amides is 1. The maximum Gasteiger partial charge on any atom is 0.229 e. The number of rotatable bonds is 6. The number of likely N-dealkylation sites (N-methyl/N-ethyl adjacent to an activating group) is 1. The van der Waals surface area contributed by atoms with Crippen molar-refractivity contribution in [3.63, 3.8) is 0 Å². The van der Waals surface area contributed by atoms with Gasteiger partial charge in [-0.2, -0.15) is 5.26 Å². The Kier molecular flexibility index (Phi) is 6.23. The molecule has 142 valence electrons. The average molecular weight is 390 g/mol. The molecular formula is C23H23N3OS. The third-order valence-corrected chi connectivity index (χ3v) is 5.77. The largest absolute Gasteiger partial charge is 0.336 e. The molecule has 0 aliphatic heterocycles. The first-order valence-corrected chi connectivity index (χ1v) is 10.2. The molecule has 1 unspecified atom stereocenters. The van der Waals surface area contributed by atoms with Crippen molar-refractivity contribution in [3.8, 4) is 16.6 Å². The van der Waals surface area contributed by atoms with Crippen LogP contribution in [0.15, 0.2) is 53.9 Å². The lowest BCUT2D eigenvalue weighted by Crippen LogP contribution is -2.34. The van der Waals surface area contributed by atoms with E-state index in [1.165, 1.54) is 5.56 Å². The standard InChI is InChI=1S/C23H23N3OS/c1-4-26(17(3)19-11-7-18(14-24)8-12-19)22(27)13-21-15-28-23(25-21)20-9-5-16(2)6-10-20/h5-12,15,17H,4,13H2,1-3H3. The highest BCUT2D eigenvalue weighted by Crippen LogP contribution is 2.26. The zero-order valence-corrected chi connectivity index (χ0v) is 17.2. The Bertz CT molecular complexity index is 984. The highest BCUT2D eigenvalue weighted by molar-refractivity contribution is 7.13. The Morgan fingerprint density at radius 1 is 1.18 bits per heavy atom. The molecule has 0 saturated carbocycles. The van der Waals surface area contributed by atoms with E-state index < -0.39 is 0 Å². The van der Waals surface area contributed by atoms with Gasteiger partial charge in [-0.25, -0.2) is 4.98 Å². The van der Waals surface area contributed by atoms with Crippen LogP contribution in [0.5, 0.6) is 0 Å². The van der Waals surface area contributed by atoms with Crippen LogP contribution < -0.4 is 0 Å². The summed E-state index contributed by atoms with van der Waals surface area (Å²) < 4.78 is 0. The Morgan fingerprint density at radius 2 is 1.86 bits per heavy atom. The molecule has 0 aliphatic rings. The minimum Gasteiger partial charge on any atom is -0.336 e. The SMILES string of the molecule is CCN(C(=O)Cc1csc(-c2ccc(C)cc2)n1)C(C)c1ccc(C#N)cc1. The van der Waals surface area contributed by atoms with Gasteiger partial charge in [0, 0.05) is 17.5 Å². The van der Waals surface area contributed by atoms with E-state index in [9.17, 15) is 4.79 Å². The number of hydrogen-bond donors (Lipinski definition) is 0. The third kappa shape index (κ3) is 4.47. The Hall–Kier alpha value is -2.97. The fraction of sp³-hybridized carbons (Fsp3) is 0.261. The summed E-state index contributed by atoms with van der Waals surface area (Å²) in [7, 11) is 0. The molecule has 0 bridgehead atoms. The highest BCUT2D eigenvalue weighted by atomic mass is 32.1. The van der Waals surface area contributed by atoms with E-state index >= 15 is 0 Å². The second kappa shape index (κ2) is 8.81. The first-order chi connectivity index (χ1) is 13.5. The molecule has 3 aromatic rings. The quantitative estimate of drug-likeness (QED) is 0.586. The number of benzene rings is 2. The van der Waals surface area contributed by atoms with Crippen molar-refractivity contribution < 1.29 is 4.79 Å². The Balaban J connectivity index is 1.71. The van der Waals surface area contributed by atoms with E-state index in [-0.39, 0.29) is 18.4 Å². The number of aromatic nitrogens is 1. The fourth-order valence-electron chi connectivity index (χ4n) is 3.16. The second-order valence-electron chi connectivity index (χ2n) is 6.78. The minimum atomic E-state index is -0.0551. The Labute approximate surface area is 170 Å². The summed E-state index contributed by atoms with van der Waals surface area (Å²) in [5.74, 6) is 0.0557. The number of carbonyl (C=O) groups is 1. The number of hydrogen-bond acceptors (Lipinski definition) is 4. The van der Waals surface area contributed by atoms with Crippen LogP contribution in [0.1, 0.15) is 42.3 Å². The van der Waals surface area contributed by atoms with Crippen molar-refractivity contribution >= 4 is 17.2 Å². The highest BCUT2D eigenvalue weighted by Gasteiger charge is 2.21. The van der Waals surface area contributed by atoms with Crippen LogP contribution in [0.25, 0.3) is 10.6 Å². The van der Waals surface area contributed by atoms with Crippen molar-refractivity contribution in [2.75, 3.05) is 6.54 Å². The molecule has 0 aliphatic carbocycles. The molecule has 2 aromatic carbocycles. The van der Waals surface area contributed by atoms with Crippen molar-refractivity contribution in [2.24, 2.45) is 0 Å². The van der Waals surface area contributed by atoms with Gasteiger partial charge >= 0.3 is 0 Å². The Morgan fingerprint density at radius 3 is 2.46 bits per heavy atom. The predicted molar refractivity (Wildman–Crippen MR) is 113 cm³/mol. The molecule has 1 amide bonds. The van der Waals surface area contributed by atoms with Crippen molar-refractivity contribution in [3.05, 3.63) is 76.3 Å². The predicted octanol–water partition coefficient (Wildman–Crippen LogP) is 5.14. The van der Waals surface area contributed by atoms with E-state index in [0.717, 1.165) is 21.8 Å². The van der Waals surface area contributed by atoms with Gasteiger partial charge in [0.2, 0.25) is 5.91 Å². The van der Waals surface area contributed by atoms with Gasteiger partial charge < -0.3 is 4.90 Å². The monoisotopic (exact) mass is 389 g/mol. The van der Waals surface area contributed by atoms with E-state index in [2.05, 4.69) is 42.2 Å². The summed E-state index contributed by atoms with van der Waals surface area (Å²) in [6.45, 7) is 6.68. The van der Waals surface area contributed by atoms with E-state index in [0.29, 0.717) is 12.1 Å². The fourth-order valence-corrected chi connectivity index (χ4v) is 3.98. The first kappa shape index (κ1) is 19.8. The average Bonchev–Trinajstić information content (AvgIpc) is 3.17. The molecular weight excluding hydrogens is 366 g/mol. The molecule has 5 heteroatoms. The lowest BCUT2D eigenvalue weighted by Gasteiger charge is -2.28. The topological polar surface area (TPSA) is 57.0 Å². The van der Waals surface area contributed by atoms with Gasteiger partial charge in [-0.05, 0) is 38.5 Å². The maximum absolute atomic E-state index is 12.9. The molecule has 0 N–H and O–H groups in total. The summed E-state index contributed by atoms with van der Waals surface area (Å²) in [6, 6.07) is 17.7. The van der Waals surface area contributed by atoms with E-state index in [1.54, 1.807) is 23.5 Å². The van der Waals surface area contributed by atoms with Gasteiger partial charge in [-0.15, -0.1) is 11.3 Å². The lowest BCUT2D eigenvalue weighted by atomic mass is 10.0. The normalized spacial score (nSPS) is 11.6. The smallest absolute Gasteiger partial charge is 0.229 e. The number of nitriles is 1. The van der Waals surface area contributed by atoms with Crippen LogP contribution in [-0.2, 0) is 11.2 Å². The number of aryl methyl sites for hydroxylation is 1. The van der Waals surface area contributed by atoms with Gasteiger partial charge in [0.05, 0.1) is 29.8 Å². The molecule has 0 saturated heterocycles. The lowest BCUT2D eigenvalue weighted by molar-refractivity contribution is -0.132. The zero-order valence-electron chi connectivity index (χ0n) is 16.3. The van der Waals surface area contributed by atoms with Crippen LogP contribution in [0.2, 0.25) is 0 Å². The molecule has 3 rings (SSSR count). The molecule has 1 atom stereocenters. The summed E-state index contributed by atoms with van der Waals surface area (Å²) >= 11 is 1.57. The molecule has 1 aromatic heterocycles. The second-order valence-corrected chi connectivity index (χ2v) is 7.63. The molecule has 28 heavy (non-hydrogen) atoms. The minimum absolute atomic E-state index is 0.0551. The van der Waals surface area contributed by atoms with Gasteiger partial charge in [-0.3, -0.25) is 4.79 Å². The third-order valence-electron chi connectivity index (χ3n) is 4.83. The van der Waals surface area contributed by atoms with Gasteiger partial charge in [0.15, 0.2) is 0 Å². The van der Waals surface area contributed by atoms with Gasteiger partial charge in [-0.1, -0.05) is 42.0 Å². The van der Waals surface area contributed by atoms with Crippen LogP contribution in [0.4, 0.5) is 0 Å². The van der Waals surface area contributed by atoms with Crippen LogP contribution in [0.3, 0.4) is 0 Å². The van der Waals surface area contributed by atoms with E-state index in [1.807, 2.05) is 36.3 Å². The first-order valence-electron chi connectivity index (χ1n) is 9.32. The molecule has 0 spiro atoms. The number of thiazole rings is 1. The summed E-state index contributed by atoms with van der Waals surface area (Å²) in [4.78, 5) is 19.4. The van der Waals surface area contributed by atoms with Gasteiger partial charge in [0.25, 0.3) is 0 Å². The zero-order chi connectivity index (χ0) is 20.1. The van der Waals surface area contributed by atoms with E-state index in [4.69, 9.17) is 5.26 Å². The molecule has 1 heterocycles. The van der Waals surface area contributed by atoms with Crippen molar-refractivity contribution in [1.82, 2.24) is 9.88 Å². The van der Waals surface area contributed by atoms with Crippen molar-refractivity contribution in [1.29, 1.82) is 5.26 Å². The number of nitrogens with zero attached hydrogens (tertiary/aromatic N) is 3. The summed E-state index contributed by atoms with van der Waals surface area (Å²) in [5, 5.41) is 11.9.